The zero-order valence-corrected chi connectivity index (χ0v) is 17.2. The Kier molecular flexibility index (Phi) is 6.42. The molecule has 12 nitrogen and oxygen atoms in total. The van der Waals surface area contributed by atoms with Gasteiger partial charge in [0, 0.05) is 43.0 Å². The van der Waals surface area contributed by atoms with Crippen molar-refractivity contribution < 1.29 is 24.6 Å². The van der Waals surface area contributed by atoms with Crippen LogP contribution in [0.4, 0.5) is 17.5 Å². The lowest BCUT2D eigenvalue weighted by atomic mass is 10.1. The van der Waals surface area contributed by atoms with Gasteiger partial charge >= 0.3 is 11.9 Å². The van der Waals surface area contributed by atoms with Gasteiger partial charge in [-0.15, -0.1) is 0 Å². The summed E-state index contributed by atoms with van der Waals surface area (Å²) in [4.78, 5) is 47.4. The van der Waals surface area contributed by atoms with Crippen LogP contribution in [0.2, 0.25) is 0 Å². The Morgan fingerprint density at radius 3 is 2.47 bits per heavy atom. The first-order chi connectivity index (χ1) is 15.2. The van der Waals surface area contributed by atoms with Gasteiger partial charge in [-0.2, -0.15) is 9.97 Å². The van der Waals surface area contributed by atoms with Crippen LogP contribution < -0.4 is 21.7 Å². The summed E-state index contributed by atoms with van der Waals surface area (Å²) in [6, 6.07) is 5.27. The largest absolute Gasteiger partial charge is 0.481 e. The number of aromatic amines is 1. The lowest BCUT2D eigenvalue weighted by Gasteiger charge is -2.20. The van der Waals surface area contributed by atoms with Crippen LogP contribution in [0.25, 0.3) is 11.0 Å². The molecule has 8 N–H and O–H groups in total. The number of aliphatic carboxylic acids is 2. The average Bonchev–Trinajstić information content (AvgIpc) is 3.13. The summed E-state index contributed by atoms with van der Waals surface area (Å²) in [5, 5.41) is 20.9. The molecule has 2 heterocycles. The lowest BCUT2D eigenvalue weighted by molar-refractivity contribution is -0.140. The first-order valence-corrected chi connectivity index (χ1v) is 9.61. The Morgan fingerprint density at radius 2 is 1.84 bits per heavy atom. The second kappa shape index (κ2) is 9.20. The minimum Gasteiger partial charge on any atom is -0.481 e. The highest BCUT2D eigenvalue weighted by Gasteiger charge is 2.21. The number of nitrogens with one attached hydrogen (secondary N) is 2. The van der Waals surface area contributed by atoms with E-state index in [4.69, 9.17) is 16.6 Å². The molecule has 0 aliphatic heterocycles. The smallest absolute Gasteiger partial charge is 0.326 e. The fourth-order valence-electron chi connectivity index (χ4n) is 3.25. The third-order valence-corrected chi connectivity index (χ3v) is 4.89. The summed E-state index contributed by atoms with van der Waals surface area (Å²) in [5.74, 6) is -2.67. The third kappa shape index (κ3) is 5.03. The van der Waals surface area contributed by atoms with E-state index in [-0.39, 0.29) is 30.2 Å². The molecule has 0 saturated heterocycles. The zero-order chi connectivity index (χ0) is 23.4. The van der Waals surface area contributed by atoms with Crippen molar-refractivity contribution >= 4 is 46.3 Å². The number of fused-ring (bicyclic) bond motifs is 1. The van der Waals surface area contributed by atoms with Crippen LogP contribution in [0.3, 0.4) is 0 Å². The van der Waals surface area contributed by atoms with Gasteiger partial charge in [-0.25, -0.2) is 4.79 Å². The number of nitrogen functional groups attached to an aromatic ring is 2. The van der Waals surface area contributed by atoms with Crippen LogP contribution in [0.1, 0.15) is 28.8 Å². The summed E-state index contributed by atoms with van der Waals surface area (Å²) in [7, 11) is 1.86. The van der Waals surface area contributed by atoms with Gasteiger partial charge < -0.3 is 36.9 Å². The van der Waals surface area contributed by atoms with Gasteiger partial charge in [-0.3, -0.25) is 9.59 Å². The fourth-order valence-corrected chi connectivity index (χ4v) is 3.25. The van der Waals surface area contributed by atoms with E-state index in [1.165, 1.54) is 0 Å². The van der Waals surface area contributed by atoms with Crippen LogP contribution >= 0.6 is 0 Å². The lowest BCUT2D eigenvalue weighted by Crippen LogP contribution is -2.41. The van der Waals surface area contributed by atoms with Crippen LogP contribution in [0.5, 0.6) is 0 Å². The molecule has 2 aromatic heterocycles. The number of rotatable bonds is 9. The Hall–Kier alpha value is -4.35. The molecule has 1 atom stereocenters. The predicted octanol–water partition coefficient (Wildman–Crippen LogP) is 0.807. The number of amides is 1. The van der Waals surface area contributed by atoms with Gasteiger partial charge in [0.15, 0.2) is 0 Å². The molecule has 0 aliphatic rings. The third-order valence-electron chi connectivity index (χ3n) is 4.89. The molecule has 168 valence electrons. The molecule has 0 unspecified atom stereocenters. The molecule has 0 bridgehead atoms. The van der Waals surface area contributed by atoms with Crippen molar-refractivity contribution in [2.75, 3.05) is 23.4 Å². The number of nitrogens with two attached hydrogens (primary N) is 2. The number of hydrogen-bond donors (Lipinski definition) is 6. The molecule has 0 fully saturated rings. The first-order valence-electron chi connectivity index (χ1n) is 9.61. The minimum atomic E-state index is -1.29. The molecule has 1 aromatic carbocycles. The molecule has 32 heavy (non-hydrogen) atoms. The van der Waals surface area contributed by atoms with Crippen LogP contribution in [-0.4, -0.2) is 56.1 Å². The molecule has 0 radical (unpaired) electrons. The highest BCUT2D eigenvalue weighted by Crippen LogP contribution is 2.25. The number of carboxylic acid groups (broad SMARTS) is 2. The Labute approximate surface area is 182 Å². The molecule has 0 saturated carbocycles. The first kappa shape index (κ1) is 22.3. The second-order valence-corrected chi connectivity index (χ2v) is 7.20. The Bertz CT molecular complexity index is 1160. The van der Waals surface area contributed by atoms with Crippen molar-refractivity contribution in [3.63, 3.8) is 0 Å². The van der Waals surface area contributed by atoms with E-state index < -0.39 is 23.9 Å². The number of nitrogens with zero attached hydrogens (tertiary/aromatic N) is 3. The number of hydrogen-bond acceptors (Lipinski definition) is 8. The molecule has 0 spiro atoms. The summed E-state index contributed by atoms with van der Waals surface area (Å²) >= 11 is 0. The summed E-state index contributed by atoms with van der Waals surface area (Å²) in [6.45, 7) is 0.472. The monoisotopic (exact) mass is 441 g/mol. The molecule has 1 amide bonds. The summed E-state index contributed by atoms with van der Waals surface area (Å²) < 4.78 is 0. The van der Waals surface area contributed by atoms with Gasteiger partial charge in [0.1, 0.15) is 17.5 Å². The molecule has 0 aliphatic carbocycles. The van der Waals surface area contributed by atoms with Crippen molar-refractivity contribution in [3.05, 3.63) is 41.6 Å². The van der Waals surface area contributed by atoms with Crippen molar-refractivity contribution in [3.8, 4) is 0 Å². The SMILES string of the molecule is CN(Cc1c[nH]c2nc(N)nc(N)c12)c1ccc(C(=O)N[C@@H](CCC(=O)O)C(=O)O)cc1. The number of carbonyl (C=O) groups is 3. The van der Waals surface area contributed by atoms with Crippen molar-refractivity contribution in [2.45, 2.75) is 25.4 Å². The van der Waals surface area contributed by atoms with E-state index in [2.05, 4.69) is 20.3 Å². The topological polar surface area (TPSA) is 201 Å². The van der Waals surface area contributed by atoms with E-state index in [1.54, 1.807) is 30.5 Å². The van der Waals surface area contributed by atoms with E-state index in [9.17, 15) is 19.5 Å². The van der Waals surface area contributed by atoms with Crippen LogP contribution in [-0.2, 0) is 16.1 Å². The standard InChI is InChI=1S/C20H23N7O5/c1-27(9-11-8-23-17-15(11)16(21)25-20(22)26-17)12-4-2-10(3-5-12)18(30)24-13(19(31)32)6-7-14(28)29/h2-5,8,13H,6-7,9H2,1H3,(H,24,30)(H,28,29)(H,31,32)(H5,21,22,23,25,26)/t13-/m0/s1. The quantitative estimate of drug-likeness (QED) is 0.276. The van der Waals surface area contributed by atoms with E-state index in [0.717, 1.165) is 11.3 Å². The highest BCUT2D eigenvalue weighted by atomic mass is 16.4. The number of carboxylic acids is 2. The van der Waals surface area contributed by atoms with Gasteiger partial charge in [-0.05, 0) is 30.7 Å². The number of carbonyl (C=O) groups excluding carboxylic acids is 1. The average molecular weight is 441 g/mol. The Balaban J connectivity index is 1.69. The summed E-state index contributed by atoms with van der Waals surface area (Å²) in [5.41, 5.74) is 14.1. The van der Waals surface area contributed by atoms with E-state index >= 15 is 0 Å². The molecular formula is C20H23N7O5. The molecule has 3 aromatic rings. The second-order valence-electron chi connectivity index (χ2n) is 7.20. The Morgan fingerprint density at radius 1 is 1.16 bits per heavy atom. The zero-order valence-electron chi connectivity index (χ0n) is 17.2. The maximum Gasteiger partial charge on any atom is 0.326 e. The number of anilines is 3. The van der Waals surface area contributed by atoms with Gasteiger partial charge in [0.2, 0.25) is 5.95 Å². The van der Waals surface area contributed by atoms with Crippen molar-refractivity contribution in [1.29, 1.82) is 0 Å². The predicted molar refractivity (Wildman–Crippen MR) is 117 cm³/mol. The maximum absolute atomic E-state index is 12.4. The number of benzene rings is 1. The molecule has 12 heteroatoms. The van der Waals surface area contributed by atoms with Gasteiger partial charge in [-0.1, -0.05) is 0 Å². The highest BCUT2D eigenvalue weighted by molar-refractivity contribution is 5.97. The summed E-state index contributed by atoms with van der Waals surface area (Å²) in [6.07, 6.45) is 1.20. The van der Waals surface area contributed by atoms with Crippen molar-refractivity contribution in [2.24, 2.45) is 0 Å². The van der Waals surface area contributed by atoms with E-state index in [1.807, 2.05) is 11.9 Å². The maximum atomic E-state index is 12.4. The van der Waals surface area contributed by atoms with Gasteiger partial charge in [0.05, 0.1) is 5.39 Å². The van der Waals surface area contributed by atoms with Crippen molar-refractivity contribution in [1.82, 2.24) is 20.3 Å². The van der Waals surface area contributed by atoms with Crippen LogP contribution in [0, 0.1) is 0 Å². The normalized spacial score (nSPS) is 11.8. The fraction of sp³-hybridized carbons (Fsp3) is 0.250. The van der Waals surface area contributed by atoms with Crippen LogP contribution in [0.15, 0.2) is 30.5 Å². The van der Waals surface area contributed by atoms with Gasteiger partial charge in [0.25, 0.3) is 5.91 Å². The minimum absolute atomic E-state index is 0.0821. The van der Waals surface area contributed by atoms with E-state index in [0.29, 0.717) is 17.6 Å². The molecular weight excluding hydrogens is 418 g/mol. The molecule has 3 rings (SSSR count). The number of H-pyrrole nitrogens is 1. The number of aromatic nitrogens is 3.